The van der Waals surface area contributed by atoms with Gasteiger partial charge in [0.15, 0.2) is 0 Å². The first kappa shape index (κ1) is 15.3. The third-order valence-electron chi connectivity index (χ3n) is 2.74. The molecule has 0 spiro atoms. The van der Waals surface area contributed by atoms with Gasteiger partial charge in [0.25, 0.3) is 5.91 Å². The molecule has 7 heteroatoms. The lowest BCUT2D eigenvalue weighted by atomic mass is 10.2. The van der Waals surface area contributed by atoms with E-state index in [1.165, 1.54) is 4.90 Å². The third kappa shape index (κ3) is 4.21. The standard InChI is InChI=1S/C14H14ClN3O2S/c15-12-5-4-11(21-12)14(20)18(8-13(17)19)7-9-2-1-3-10(16)6-9/h1-6H,7-8,16H2,(H2,17,19). The molecule has 0 bridgehead atoms. The average molecular weight is 324 g/mol. The Kier molecular flexibility index (Phi) is 4.82. The van der Waals surface area contributed by atoms with Crippen LogP contribution < -0.4 is 11.5 Å². The highest BCUT2D eigenvalue weighted by molar-refractivity contribution is 7.17. The molecular weight excluding hydrogens is 310 g/mol. The number of amides is 2. The summed E-state index contributed by atoms with van der Waals surface area (Å²) in [5.41, 5.74) is 12.4. The number of hydrogen-bond acceptors (Lipinski definition) is 4. The van der Waals surface area contributed by atoms with Gasteiger partial charge in [-0.25, -0.2) is 0 Å². The van der Waals surface area contributed by atoms with Crippen LogP contribution in [0.25, 0.3) is 0 Å². The van der Waals surface area contributed by atoms with Crippen molar-refractivity contribution in [3.05, 3.63) is 51.2 Å². The topological polar surface area (TPSA) is 89.4 Å². The minimum atomic E-state index is -0.574. The molecule has 0 aliphatic rings. The van der Waals surface area contributed by atoms with Gasteiger partial charge >= 0.3 is 0 Å². The maximum absolute atomic E-state index is 12.4. The minimum absolute atomic E-state index is 0.164. The SMILES string of the molecule is NC(=O)CN(Cc1cccc(N)c1)C(=O)c1ccc(Cl)s1. The summed E-state index contributed by atoms with van der Waals surface area (Å²) < 4.78 is 0.515. The number of carbonyl (C=O) groups is 2. The van der Waals surface area contributed by atoms with E-state index in [0.717, 1.165) is 16.9 Å². The van der Waals surface area contributed by atoms with Crippen molar-refractivity contribution in [1.29, 1.82) is 0 Å². The Morgan fingerprint density at radius 3 is 2.57 bits per heavy atom. The lowest BCUT2D eigenvalue weighted by molar-refractivity contribution is -0.118. The van der Waals surface area contributed by atoms with Crippen LogP contribution in [-0.4, -0.2) is 23.3 Å². The molecule has 0 radical (unpaired) electrons. The first-order valence-corrected chi connectivity index (χ1v) is 7.32. The Labute approximate surface area is 131 Å². The van der Waals surface area contributed by atoms with E-state index in [1.54, 1.807) is 30.3 Å². The third-order valence-corrected chi connectivity index (χ3v) is 3.96. The van der Waals surface area contributed by atoms with Crippen molar-refractivity contribution in [2.24, 2.45) is 5.73 Å². The van der Waals surface area contributed by atoms with E-state index in [0.29, 0.717) is 14.9 Å². The molecule has 0 atom stereocenters. The number of primary amides is 1. The van der Waals surface area contributed by atoms with Gasteiger partial charge in [-0.2, -0.15) is 0 Å². The van der Waals surface area contributed by atoms with Gasteiger partial charge in [-0.15, -0.1) is 11.3 Å². The van der Waals surface area contributed by atoms with Gasteiger partial charge in [-0.3, -0.25) is 9.59 Å². The van der Waals surface area contributed by atoms with Crippen LogP contribution >= 0.6 is 22.9 Å². The first-order chi connectivity index (χ1) is 9.95. The van der Waals surface area contributed by atoms with Crippen LogP contribution in [0.3, 0.4) is 0 Å². The Bertz CT molecular complexity index is 672. The highest BCUT2D eigenvalue weighted by Gasteiger charge is 2.19. The normalized spacial score (nSPS) is 10.3. The Hall–Kier alpha value is -2.05. The van der Waals surface area contributed by atoms with Gasteiger partial charge in [0.2, 0.25) is 5.91 Å². The molecule has 110 valence electrons. The summed E-state index contributed by atoms with van der Waals surface area (Å²) in [6.07, 6.45) is 0. The van der Waals surface area contributed by atoms with E-state index >= 15 is 0 Å². The Morgan fingerprint density at radius 2 is 2.00 bits per heavy atom. The minimum Gasteiger partial charge on any atom is -0.399 e. The van der Waals surface area contributed by atoms with Crippen LogP contribution in [0.5, 0.6) is 0 Å². The number of nitrogens with two attached hydrogens (primary N) is 2. The molecular formula is C14H14ClN3O2S. The molecule has 2 amide bonds. The van der Waals surface area contributed by atoms with E-state index in [9.17, 15) is 9.59 Å². The summed E-state index contributed by atoms with van der Waals surface area (Å²) in [5, 5.41) is 0. The fourth-order valence-corrected chi connectivity index (χ4v) is 2.90. The fraction of sp³-hybridized carbons (Fsp3) is 0.143. The van der Waals surface area contributed by atoms with Gasteiger partial charge in [0.1, 0.15) is 6.54 Å². The summed E-state index contributed by atoms with van der Waals surface area (Å²) in [5.74, 6) is -0.858. The number of benzene rings is 1. The van der Waals surface area contributed by atoms with Gasteiger partial charge in [-0.05, 0) is 29.8 Å². The molecule has 0 aliphatic carbocycles. The van der Waals surface area contributed by atoms with E-state index < -0.39 is 5.91 Å². The van der Waals surface area contributed by atoms with E-state index in [2.05, 4.69) is 0 Å². The molecule has 2 aromatic rings. The lowest BCUT2D eigenvalue weighted by Crippen LogP contribution is -2.37. The number of nitrogen functional groups attached to an aromatic ring is 1. The molecule has 4 N–H and O–H groups in total. The van der Waals surface area contributed by atoms with Crippen LogP contribution in [0, 0.1) is 0 Å². The van der Waals surface area contributed by atoms with Crippen molar-refractivity contribution >= 4 is 40.4 Å². The summed E-state index contributed by atoms with van der Waals surface area (Å²) >= 11 is 7.00. The zero-order valence-corrected chi connectivity index (χ0v) is 12.7. The van der Waals surface area contributed by atoms with E-state index in [-0.39, 0.29) is 19.0 Å². The highest BCUT2D eigenvalue weighted by atomic mass is 35.5. The zero-order chi connectivity index (χ0) is 15.4. The average Bonchev–Trinajstić information content (AvgIpc) is 2.83. The molecule has 0 aliphatic heterocycles. The molecule has 0 saturated heterocycles. The maximum atomic E-state index is 12.4. The van der Waals surface area contributed by atoms with Crippen LogP contribution in [0.2, 0.25) is 4.34 Å². The number of carbonyl (C=O) groups excluding carboxylic acids is 2. The molecule has 0 fully saturated rings. The van der Waals surface area contributed by atoms with Gasteiger partial charge in [0, 0.05) is 12.2 Å². The van der Waals surface area contributed by atoms with E-state index in [1.807, 2.05) is 6.07 Å². The largest absolute Gasteiger partial charge is 0.399 e. The zero-order valence-electron chi connectivity index (χ0n) is 11.1. The summed E-state index contributed by atoms with van der Waals surface area (Å²) in [7, 11) is 0. The molecule has 1 aromatic carbocycles. The molecule has 0 unspecified atom stereocenters. The second-order valence-electron chi connectivity index (χ2n) is 4.48. The monoisotopic (exact) mass is 323 g/mol. The highest BCUT2D eigenvalue weighted by Crippen LogP contribution is 2.23. The van der Waals surface area contributed by atoms with Gasteiger partial charge < -0.3 is 16.4 Å². The van der Waals surface area contributed by atoms with Crippen molar-refractivity contribution in [1.82, 2.24) is 4.90 Å². The number of halogens is 1. The number of rotatable bonds is 5. The fourth-order valence-electron chi connectivity index (χ4n) is 1.88. The number of hydrogen-bond donors (Lipinski definition) is 2. The van der Waals surface area contributed by atoms with E-state index in [4.69, 9.17) is 23.1 Å². The van der Waals surface area contributed by atoms with Crippen LogP contribution in [-0.2, 0) is 11.3 Å². The maximum Gasteiger partial charge on any atom is 0.264 e. The van der Waals surface area contributed by atoms with Crippen molar-refractivity contribution in [2.45, 2.75) is 6.54 Å². The van der Waals surface area contributed by atoms with Gasteiger partial charge in [0.05, 0.1) is 9.21 Å². The van der Waals surface area contributed by atoms with Crippen LogP contribution in [0.15, 0.2) is 36.4 Å². The van der Waals surface area contributed by atoms with Crippen LogP contribution in [0.4, 0.5) is 5.69 Å². The lowest BCUT2D eigenvalue weighted by Gasteiger charge is -2.20. The molecule has 0 saturated carbocycles. The number of anilines is 1. The molecule has 21 heavy (non-hydrogen) atoms. The van der Waals surface area contributed by atoms with Crippen molar-refractivity contribution in [2.75, 3.05) is 12.3 Å². The second-order valence-corrected chi connectivity index (χ2v) is 6.19. The summed E-state index contributed by atoms with van der Waals surface area (Å²) in [4.78, 5) is 25.4. The number of nitrogens with zero attached hydrogens (tertiary/aromatic N) is 1. The van der Waals surface area contributed by atoms with Crippen molar-refractivity contribution < 1.29 is 9.59 Å². The molecule has 5 nitrogen and oxygen atoms in total. The summed E-state index contributed by atoms with van der Waals surface area (Å²) in [6, 6.07) is 10.4. The van der Waals surface area contributed by atoms with Gasteiger partial charge in [-0.1, -0.05) is 23.7 Å². The quantitative estimate of drug-likeness (QED) is 0.826. The van der Waals surface area contributed by atoms with Crippen molar-refractivity contribution in [3.8, 4) is 0 Å². The molecule has 1 aromatic heterocycles. The Morgan fingerprint density at radius 1 is 1.24 bits per heavy atom. The summed E-state index contributed by atoms with van der Waals surface area (Å²) in [6.45, 7) is 0.0888. The molecule has 1 heterocycles. The predicted molar refractivity (Wildman–Crippen MR) is 84.1 cm³/mol. The van der Waals surface area contributed by atoms with Crippen molar-refractivity contribution in [3.63, 3.8) is 0 Å². The smallest absolute Gasteiger partial charge is 0.264 e. The second kappa shape index (κ2) is 6.60. The Balaban J connectivity index is 2.21. The first-order valence-electron chi connectivity index (χ1n) is 6.13. The van der Waals surface area contributed by atoms with Crippen LogP contribution in [0.1, 0.15) is 15.2 Å². The number of thiophene rings is 1. The molecule has 2 rings (SSSR count). The predicted octanol–water partition coefficient (Wildman–Crippen LogP) is 2.11.